The summed E-state index contributed by atoms with van der Waals surface area (Å²) in [7, 11) is 0. The van der Waals surface area contributed by atoms with Crippen molar-refractivity contribution in [2.45, 2.75) is 37.3 Å². The second-order valence-electron chi connectivity index (χ2n) is 6.81. The second-order valence-corrected chi connectivity index (χ2v) is 6.81. The summed E-state index contributed by atoms with van der Waals surface area (Å²) < 4.78 is 20.9. The molecule has 2 aromatic carbocycles. The molecule has 5 atom stereocenters. The third-order valence-electron chi connectivity index (χ3n) is 4.66. The molecule has 1 unspecified atom stereocenters. The first kappa shape index (κ1) is 23.4. The van der Waals surface area contributed by atoms with Gasteiger partial charge in [0.2, 0.25) is 6.29 Å². The lowest BCUT2D eigenvalue weighted by Crippen LogP contribution is -2.60. The summed E-state index contributed by atoms with van der Waals surface area (Å²) in [6, 6.07) is 11.2. The second kappa shape index (κ2) is 10.3. The van der Waals surface area contributed by atoms with Crippen molar-refractivity contribution in [3.63, 3.8) is 0 Å². The Morgan fingerprint density at radius 2 is 1.72 bits per heavy atom. The van der Waals surface area contributed by atoms with Gasteiger partial charge >= 0.3 is 6.16 Å². The molecule has 0 aromatic heterocycles. The lowest BCUT2D eigenvalue weighted by molar-refractivity contribution is -0.384. The Bertz CT molecular complexity index is 933. The molecule has 0 saturated carbocycles. The van der Waals surface area contributed by atoms with Crippen LogP contribution in [0, 0.1) is 10.1 Å². The zero-order valence-electron chi connectivity index (χ0n) is 16.5. The molecule has 1 aliphatic rings. The highest BCUT2D eigenvalue weighted by Gasteiger charge is 2.44. The van der Waals surface area contributed by atoms with E-state index in [2.05, 4.69) is 0 Å². The number of nitro groups is 1. The fourth-order valence-electron chi connectivity index (χ4n) is 2.93. The van der Waals surface area contributed by atoms with Gasteiger partial charge in [-0.15, -0.1) is 0 Å². The van der Waals surface area contributed by atoms with Crippen LogP contribution in [0.15, 0.2) is 48.5 Å². The number of carbonyl (C=O) groups is 1. The van der Waals surface area contributed by atoms with Crippen LogP contribution in [0.5, 0.6) is 11.5 Å². The number of rotatable bonds is 7. The Labute approximate surface area is 181 Å². The SMILES string of the molecule is O=C(OCc1ccccc1OC1O[C@H](CO)[C@@H](O)[C@H](O)[C@H]1O)Oc1ccc([N+](=O)[O-])cc1. The molecule has 3 rings (SSSR count). The van der Waals surface area contributed by atoms with Gasteiger partial charge in [0.1, 0.15) is 42.5 Å². The van der Waals surface area contributed by atoms with Crippen molar-refractivity contribution in [1.82, 2.24) is 0 Å². The van der Waals surface area contributed by atoms with Crippen LogP contribution in [-0.2, 0) is 16.1 Å². The number of non-ortho nitro benzene ring substituents is 1. The minimum absolute atomic E-state index is 0.0476. The number of nitrogens with zero attached hydrogens (tertiary/aromatic N) is 1. The molecule has 2 aromatic rings. The fourth-order valence-corrected chi connectivity index (χ4v) is 2.93. The molecule has 0 spiro atoms. The van der Waals surface area contributed by atoms with Gasteiger partial charge in [0, 0.05) is 17.7 Å². The van der Waals surface area contributed by atoms with Crippen molar-refractivity contribution in [3.8, 4) is 11.5 Å². The summed E-state index contributed by atoms with van der Waals surface area (Å²) >= 11 is 0. The number of para-hydroxylation sites is 1. The first-order valence-electron chi connectivity index (χ1n) is 9.44. The van der Waals surface area contributed by atoms with Gasteiger partial charge in [0.05, 0.1) is 11.5 Å². The molecule has 4 N–H and O–H groups in total. The number of hydrogen-bond donors (Lipinski definition) is 4. The van der Waals surface area contributed by atoms with Gasteiger partial charge in [-0.2, -0.15) is 0 Å². The average Bonchev–Trinajstić information content (AvgIpc) is 2.79. The van der Waals surface area contributed by atoms with Crippen molar-refractivity contribution in [1.29, 1.82) is 0 Å². The van der Waals surface area contributed by atoms with Crippen LogP contribution >= 0.6 is 0 Å². The smallest absolute Gasteiger partial charge is 0.462 e. The Hall–Kier alpha value is -3.29. The van der Waals surface area contributed by atoms with Crippen LogP contribution in [0.1, 0.15) is 5.56 Å². The van der Waals surface area contributed by atoms with E-state index in [1.165, 1.54) is 30.3 Å². The van der Waals surface area contributed by atoms with Gasteiger partial charge in [-0.05, 0) is 18.2 Å². The Balaban J connectivity index is 1.61. The van der Waals surface area contributed by atoms with Gasteiger partial charge < -0.3 is 39.4 Å². The summed E-state index contributed by atoms with van der Waals surface area (Å²) in [4.78, 5) is 22.0. The number of nitro benzene ring substituents is 1. The van der Waals surface area contributed by atoms with E-state index in [9.17, 15) is 35.3 Å². The van der Waals surface area contributed by atoms with Crippen LogP contribution in [0.3, 0.4) is 0 Å². The molecule has 1 aliphatic heterocycles. The lowest BCUT2D eigenvalue weighted by Gasteiger charge is -2.39. The molecular formula is C20H21NO11. The molecule has 1 saturated heterocycles. The highest BCUT2D eigenvalue weighted by Crippen LogP contribution is 2.27. The van der Waals surface area contributed by atoms with Crippen LogP contribution in [0.25, 0.3) is 0 Å². The van der Waals surface area contributed by atoms with Crippen LogP contribution in [0.2, 0.25) is 0 Å². The van der Waals surface area contributed by atoms with E-state index in [0.29, 0.717) is 5.56 Å². The minimum Gasteiger partial charge on any atom is -0.462 e. The summed E-state index contributed by atoms with van der Waals surface area (Å²) in [6.07, 6.45) is -8.35. The maximum absolute atomic E-state index is 11.9. The van der Waals surface area contributed by atoms with Crippen molar-refractivity contribution in [2.75, 3.05) is 6.61 Å². The minimum atomic E-state index is -1.61. The number of aliphatic hydroxyl groups is 4. The highest BCUT2D eigenvalue weighted by molar-refractivity contribution is 5.64. The Morgan fingerprint density at radius 1 is 1.03 bits per heavy atom. The van der Waals surface area contributed by atoms with Gasteiger partial charge in [0.15, 0.2) is 0 Å². The largest absolute Gasteiger partial charge is 0.514 e. The normalized spacial score (nSPS) is 25.1. The van der Waals surface area contributed by atoms with Crippen LogP contribution in [0.4, 0.5) is 10.5 Å². The lowest BCUT2D eigenvalue weighted by atomic mass is 9.99. The van der Waals surface area contributed by atoms with Crippen molar-refractivity contribution in [2.24, 2.45) is 0 Å². The highest BCUT2D eigenvalue weighted by atomic mass is 16.7. The molecule has 1 fully saturated rings. The number of benzene rings is 2. The summed E-state index contributed by atoms with van der Waals surface area (Å²) in [6.45, 7) is -0.899. The average molecular weight is 451 g/mol. The number of carbonyl (C=O) groups excluding carboxylic acids is 1. The molecule has 12 nitrogen and oxygen atoms in total. The maximum Gasteiger partial charge on any atom is 0.514 e. The zero-order chi connectivity index (χ0) is 23.3. The summed E-state index contributed by atoms with van der Waals surface area (Å²) in [5, 5.41) is 49.8. The first-order chi connectivity index (χ1) is 15.3. The molecule has 0 radical (unpaired) electrons. The molecular weight excluding hydrogens is 430 g/mol. The zero-order valence-corrected chi connectivity index (χ0v) is 16.5. The quantitative estimate of drug-likeness (QED) is 0.199. The van der Waals surface area contributed by atoms with Gasteiger partial charge in [-0.25, -0.2) is 4.79 Å². The predicted molar refractivity (Wildman–Crippen MR) is 105 cm³/mol. The van der Waals surface area contributed by atoms with Crippen molar-refractivity contribution in [3.05, 3.63) is 64.2 Å². The molecule has 0 amide bonds. The first-order valence-corrected chi connectivity index (χ1v) is 9.44. The van der Waals surface area contributed by atoms with Gasteiger partial charge in [-0.1, -0.05) is 18.2 Å². The fraction of sp³-hybridized carbons (Fsp3) is 0.350. The number of hydrogen-bond acceptors (Lipinski definition) is 11. The van der Waals surface area contributed by atoms with E-state index in [4.69, 9.17) is 18.9 Å². The summed E-state index contributed by atoms with van der Waals surface area (Å²) in [5.41, 5.74) is 0.204. The third-order valence-corrected chi connectivity index (χ3v) is 4.66. The Morgan fingerprint density at radius 3 is 2.38 bits per heavy atom. The molecule has 32 heavy (non-hydrogen) atoms. The molecule has 0 aliphatic carbocycles. The van der Waals surface area contributed by atoms with E-state index in [-0.39, 0.29) is 23.8 Å². The number of ether oxygens (including phenoxy) is 4. The topological polar surface area (TPSA) is 178 Å². The van der Waals surface area contributed by atoms with E-state index < -0.39 is 48.4 Å². The maximum atomic E-state index is 11.9. The van der Waals surface area contributed by atoms with E-state index in [0.717, 1.165) is 0 Å². The van der Waals surface area contributed by atoms with Crippen molar-refractivity contribution >= 4 is 11.8 Å². The van der Waals surface area contributed by atoms with E-state index >= 15 is 0 Å². The third kappa shape index (κ3) is 5.49. The summed E-state index contributed by atoms with van der Waals surface area (Å²) in [5.74, 6) is 0.200. The standard InChI is InChI=1S/C20H21NO11/c22-9-15-16(23)17(24)18(25)19(32-15)31-14-4-2-1-3-11(14)10-29-20(26)30-13-7-5-12(6-8-13)21(27)28/h1-8,15-19,22-25H,9-10H2/t15-,16-,17+,18-,19?/m1/s1. The predicted octanol–water partition coefficient (Wildman–Crippen LogP) is 0.489. The van der Waals surface area contributed by atoms with E-state index in [1.807, 2.05) is 0 Å². The molecule has 0 bridgehead atoms. The Kier molecular flexibility index (Phi) is 7.56. The molecule has 1 heterocycles. The number of aliphatic hydroxyl groups excluding tert-OH is 4. The van der Waals surface area contributed by atoms with Gasteiger partial charge in [-0.3, -0.25) is 10.1 Å². The van der Waals surface area contributed by atoms with Crippen molar-refractivity contribution < 1.29 is 49.1 Å². The van der Waals surface area contributed by atoms with Gasteiger partial charge in [0.25, 0.3) is 5.69 Å². The van der Waals surface area contributed by atoms with E-state index in [1.54, 1.807) is 18.2 Å². The molecule has 12 heteroatoms. The monoisotopic (exact) mass is 451 g/mol. The molecule has 172 valence electrons. The van der Waals surface area contributed by atoms with Crippen LogP contribution < -0.4 is 9.47 Å². The van der Waals surface area contributed by atoms with Crippen LogP contribution in [-0.4, -0.2) is 68.8 Å².